The minimum absolute atomic E-state index is 0.0392. The molecule has 112 valence electrons. The van der Waals surface area contributed by atoms with Crippen molar-refractivity contribution in [3.8, 4) is 17.2 Å². The molecule has 4 heteroatoms. The second kappa shape index (κ2) is 6.59. The van der Waals surface area contributed by atoms with Crippen LogP contribution in [-0.4, -0.2) is 17.6 Å². The summed E-state index contributed by atoms with van der Waals surface area (Å²) in [7, 11) is 1.64. The third-order valence-corrected chi connectivity index (χ3v) is 2.96. The molecule has 1 aromatic heterocycles. The normalized spacial score (nSPS) is 11.2. The maximum atomic E-state index is 5.99. The van der Waals surface area contributed by atoms with Gasteiger partial charge in [0.1, 0.15) is 5.75 Å². The van der Waals surface area contributed by atoms with Gasteiger partial charge in [-0.2, -0.15) is 0 Å². The SMILES string of the molecule is COc1ccccc1Oc1ccncc1CNC(C)(C)C. The Kier molecular flexibility index (Phi) is 4.81. The van der Waals surface area contributed by atoms with Crippen LogP contribution in [0.3, 0.4) is 0 Å². The minimum Gasteiger partial charge on any atom is -0.493 e. The Hall–Kier alpha value is -2.07. The van der Waals surface area contributed by atoms with Gasteiger partial charge < -0.3 is 14.8 Å². The van der Waals surface area contributed by atoms with Crippen molar-refractivity contribution in [3.05, 3.63) is 48.3 Å². The highest BCUT2D eigenvalue weighted by Crippen LogP contribution is 2.32. The van der Waals surface area contributed by atoms with E-state index in [0.29, 0.717) is 18.0 Å². The number of methoxy groups -OCH3 is 1. The van der Waals surface area contributed by atoms with E-state index in [4.69, 9.17) is 9.47 Å². The average Bonchev–Trinajstić information content (AvgIpc) is 2.46. The molecule has 1 N–H and O–H groups in total. The molecule has 0 amide bonds. The van der Waals surface area contributed by atoms with Gasteiger partial charge in [-0.05, 0) is 39.0 Å². The zero-order chi connectivity index (χ0) is 15.3. The van der Waals surface area contributed by atoms with Gasteiger partial charge in [-0.15, -0.1) is 0 Å². The molecule has 0 spiro atoms. The number of pyridine rings is 1. The van der Waals surface area contributed by atoms with Crippen LogP contribution in [0.4, 0.5) is 0 Å². The fraction of sp³-hybridized carbons (Fsp3) is 0.353. The summed E-state index contributed by atoms with van der Waals surface area (Å²) in [4.78, 5) is 4.18. The first kappa shape index (κ1) is 15.3. The van der Waals surface area contributed by atoms with Crippen molar-refractivity contribution >= 4 is 0 Å². The van der Waals surface area contributed by atoms with Crippen LogP contribution in [0.15, 0.2) is 42.7 Å². The number of rotatable bonds is 5. The van der Waals surface area contributed by atoms with Gasteiger partial charge in [0.25, 0.3) is 0 Å². The van der Waals surface area contributed by atoms with Crippen LogP contribution in [-0.2, 0) is 6.54 Å². The molecule has 4 nitrogen and oxygen atoms in total. The highest BCUT2D eigenvalue weighted by atomic mass is 16.5. The smallest absolute Gasteiger partial charge is 0.169 e. The van der Waals surface area contributed by atoms with Gasteiger partial charge in [0.15, 0.2) is 11.5 Å². The summed E-state index contributed by atoms with van der Waals surface area (Å²) in [5, 5.41) is 3.44. The highest BCUT2D eigenvalue weighted by molar-refractivity contribution is 5.44. The van der Waals surface area contributed by atoms with Crippen LogP contribution in [0.5, 0.6) is 17.2 Å². The number of hydrogen-bond donors (Lipinski definition) is 1. The van der Waals surface area contributed by atoms with Crippen molar-refractivity contribution in [3.63, 3.8) is 0 Å². The van der Waals surface area contributed by atoms with Gasteiger partial charge in [-0.25, -0.2) is 0 Å². The lowest BCUT2D eigenvalue weighted by molar-refractivity contribution is 0.374. The first-order valence-corrected chi connectivity index (χ1v) is 6.98. The molecule has 2 rings (SSSR count). The number of aromatic nitrogens is 1. The predicted octanol–water partition coefficient (Wildman–Crippen LogP) is 3.77. The van der Waals surface area contributed by atoms with Gasteiger partial charge in [-0.3, -0.25) is 4.98 Å². The molecule has 0 bridgehead atoms. The Bertz CT molecular complexity index is 591. The van der Waals surface area contributed by atoms with Gasteiger partial charge in [0.05, 0.1) is 7.11 Å². The third-order valence-electron chi connectivity index (χ3n) is 2.96. The van der Waals surface area contributed by atoms with E-state index in [1.807, 2.05) is 36.5 Å². The molecule has 0 fully saturated rings. The summed E-state index contributed by atoms with van der Waals surface area (Å²) >= 11 is 0. The first-order valence-electron chi connectivity index (χ1n) is 6.98. The molecule has 0 aliphatic carbocycles. The van der Waals surface area contributed by atoms with Gasteiger partial charge in [0, 0.05) is 30.0 Å². The lowest BCUT2D eigenvalue weighted by atomic mass is 10.1. The maximum absolute atomic E-state index is 5.99. The second-order valence-electron chi connectivity index (χ2n) is 5.84. The Morgan fingerprint density at radius 1 is 1.05 bits per heavy atom. The quantitative estimate of drug-likeness (QED) is 0.908. The molecule has 0 unspecified atom stereocenters. The van der Waals surface area contributed by atoms with Crippen LogP contribution < -0.4 is 14.8 Å². The lowest BCUT2D eigenvalue weighted by Crippen LogP contribution is -2.35. The summed E-state index contributed by atoms with van der Waals surface area (Å²) in [5.41, 5.74) is 1.05. The van der Waals surface area contributed by atoms with Gasteiger partial charge in [-0.1, -0.05) is 12.1 Å². The molecule has 1 aromatic carbocycles. The molecule has 0 aliphatic heterocycles. The molecular formula is C17H22N2O2. The Labute approximate surface area is 126 Å². The van der Waals surface area contributed by atoms with Crippen molar-refractivity contribution < 1.29 is 9.47 Å². The topological polar surface area (TPSA) is 43.4 Å². The van der Waals surface area contributed by atoms with Crippen LogP contribution in [0.2, 0.25) is 0 Å². The van der Waals surface area contributed by atoms with Crippen LogP contribution >= 0.6 is 0 Å². The number of hydrogen-bond acceptors (Lipinski definition) is 4. The average molecular weight is 286 g/mol. The predicted molar refractivity (Wildman–Crippen MR) is 83.9 cm³/mol. The molecule has 0 radical (unpaired) electrons. The molecule has 1 heterocycles. The maximum Gasteiger partial charge on any atom is 0.169 e. The lowest BCUT2D eigenvalue weighted by Gasteiger charge is -2.21. The molecule has 21 heavy (non-hydrogen) atoms. The van der Waals surface area contributed by atoms with E-state index < -0.39 is 0 Å². The van der Waals surface area contributed by atoms with Crippen molar-refractivity contribution in [1.29, 1.82) is 0 Å². The van der Waals surface area contributed by atoms with Crippen LogP contribution in [0.25, 0.3) is 0 Å². The fourth-order valence-electron chi connectivity index (χ4n) is 1.83. The standard InChI is InChI=1S/C17H22N2O2/c1-17(2,3)19-12-13-11-18-10-9-14(13)21-16-8-6-5-7-15(16)20-4/h5-11,19H,12H2,1-4H3. The van der Waals surface area contributed by atoms with Crippen molar-refractivity contribution in [2.45, 2.75) is 32.9 Å². The largest absolute Gasteiger partial charge is 0.493 e. The van der Waals surface area contributed by atoms with Crippen molar-refractivity contribution in [1.82, 2.24) is 10.3 Å². The fourth-order valence-corrected chi connectivity index (χ4v) is 1.83. The van der Waals surface area contributed by atoms with Crippen molar-refractivity contribution in [2.24, 2.45) is 0 Å². The molecule has 2 aromatic rings. The summed E-state index contributed by atoms with van der Waals surface area (Å²) < 4.78 is 11.3. The number of para-hydroxylation sites is 2. The number of nitrogens with zero attached hydrogens (tertiary/aromatic N) is 1. The van der Waals surface area contributed by atoms with Crippen molar-refractivity contribution in [2.75, 3.05) is 7.11 Å². The molecule has 0 saturated heterocycles. The Morgan fingerprint density at radius 3 is 2.43 bits per heavy atom. The number of ether oxygens (including phenoxy) is 2. The van der Waals surface area contributed by atoms with E-state index in [2.05, 4.69) is 31.1 Å². The Morgan fingerprint density at radius 2 is 1.76 bits per heavy atom. The highest BCUT2D eigenvalue weighted by Gasteiger charge is 2.12. The van der Waals surface area contributed by atoms with E-state index in [9.17, 15) is 0 Å². The first-order chi connectivity index (χ1) is 9.99. The molecule has 0 saturated carbocycles. The third kappa shape index (κ3) is 4.46. The summed E-state index contributed by atoms with van der Waals surface area (Å²) in [5.74, 6) is 2.19. The minimum atomic E-state index is 0.0392. The summed E-state index contributed by atoms with van der Waals surface area (Å²) in [6, 6.07) is 9.47. The Balaban J connectivity index is 2.20. The van der Waals surface area contributed by atoms with E-state index in [-0.39, 0.29) is 5.54 Å². The van der Waals surface area contributed by atoms with Crippen LogP contribution in [0, 0.1) is 0 Å². The van der Waals surface area contributed by atoms with E-state index >= 15 is 0 Å². The van der Waals surface area contributed by atoms with Crippen LogP contribution in [0.1, 0.15) is 26.3 Å². The summed E-state index contributed by atoms with van der Waals surface area (Å²) in [6.45, 7) is 7.08. The molecular weight excluding hydrogens is 264 g/mol. The monoisotopic (exact) mass is 286 g/mol. The van der Waals surface area contributed by atoms with Gasteiger partial charge >= 0.3 is 0 Å². The van der Waals surface area contributed by atoms with E-state index in [1.54, 1.807) is 13.3 Å². The zero-order valence-corrected chi connectivity index (χ0v) is 13.0. The van der Waals surface area contributed by atoms with E-state index in [0.717, 1.165) is 11.3 Å². The zero-order valence-electron chi connectivity index (χ0n) is 13.0. The van der Waals surface area contributed by atoms with E-state index in [1.165, 1.54) is 0 Å². The summed E-state index contributed by atoms with van der Waals surface area (Å²) in [6.07, 6.45) is 3.55. The molecule has 0 atom stereocenters. The molecule has 0 aliphatic rings. The number of benzene rings is 1. The number of nitrogens with one attached hydrogen (secondary N) is 1. The second-order valence-corrected chi connectivity index (χ2v) is 5.84. The van der Waals surface area contributed by atoms with Gasteiger partial charge in [0.2, 0.25) is 0 Å².